The largest absolute Gasteiger partial charge is 0.485 e. The molecule has 0 bridgehead atoms. The van der Waals surface area contributed by atoms with Crippen molar-refractivity contribution in [3.8, 4) is 5.75 Å². The van der Waals surface area contributed by atoms with Crippen LogP contribution >= 0.6 is 0 Å². The minimum atomic E-state index is -0.163. The van der Waals surface area contributed by atoms with Crippen molar-refractivity contribution in [1.82, 2.24) is 0 Å². The van der Waals surface area contributed by atoms with Crippen molar-refractivity contribution < 1.29 is 14.3 Å². The van der Waals surface area contributed by atoms with Crippen LogP contribution in [0.25, 0.3) is 0 Å². The smallest absolute Gasteiger partial charge is 0.310 e. The van der Waals surface area contributed by atoms with Crippen LogP contribution in [0, 0.1) is 0 Å². The minimum Gasteiger partial charge on any atom is -0.485 e. The fourth-order valence-corrected chi connectivity index (χ4v) is 2.37. The van der Waals surface area contributed by atoms with E-state index in [1.54, 1.807) is 0 Å². The van der Waals surface area contributed by atoms with Crippen LogP contribution in [0.3, 0.4) is 0 Å². The van der Waals surface area contributed by atoms with E-state index < -0.39 is 0 Å². The highest BCUT2D eigenvalue weighted by Crippen LogP contribution is 2.45. The molecule has 0 unspecified atom stereocenters. The van der Waals surface area contributed by atoms with E-state index in [2.05, 4.69) is 13.0 Å². The van der Waals surface area contributed by atoms with Crippen molar-refractivity contribution in [1.29, 1.82) is 0 Å². The van der Waals surface area contributed by atoms with Crippen LogP contribution in [0.2, 0.25) is 0 Å². The van der Waals surface area contributed by atoms with Crippen LogP contribution in [0.1, 0.15) is 30.6 Å². The molecule has 1 aromatic carbocycles. The van der Waals surface area contributed by atoms with E-state index in [1.807, 2.05) is 12.1 Å². The second-order valence-electron chi connectivity index (χ2n) is 3.95. The molecule has 2 aliphatic heterocycles. The van der Waals surface area contributed by atoms with Gasteiger partial charge in [-0.2, -0.15) is 0 Å². The molecule has 0 N–H and O–H groups in total. The van der Waals surface area contributed by atoms with Crippen LogP contribution < -0.4 is 4.74 Å². The summed E-state index contributed by atoms with van der Waals surface area (Å²) < 4.78 is 11.0. The Kier molecular flexibility index (Phi) is 1.75. The highest BCUT2D eigenvalue weighted by Gasteiger charge is 2.45. The molecule has 1 saturated heterocycles. The molecule has 1 fully saturated rings. The Bertz CT molecular complexity index is 425. The lowest BCUT2D eigenvalue weighted by Gasteiger charge is -2.09. The summed E-state index contributed by atoms with van der Waals surface area (Å²) in [7, 11) is 0. The molecular weight excluding hydrogens is 192 g/mol. The number of carbonyl (C=O) groups excluding carboxylic acids is 1. The van der Waals surface area contributed by atoms with Gasteiger partial charge in [0.2, 0.25) is 0 Å². The third-order valence-corrected chi connectivity index (χ3v) is 3.06. The first-order chi connectivity index (χ1) is 7.29. The maximum absolute atomic E-state index is 11.2. The molecule has 2 heterocycles. The third kappa shape index (κ3) is 1.16. The summed E-state index contributed by atoms with van der Waals surface area (Å²) in [6, 6.07) is 6.00. The number of hydrogen-bond donors (Lipinski definition) is 0. The number of carbonyl (C=O) groups is 1. The van der Waals surface area contributed by atoms with Crippen molar-refractivity contribution in [2.75, 3.05) is 0 Å². The molecule has 0 amide bonds. The van der Waals surface area contributed by atoms with E-state index >= 15 is 0 Å². The van der Waals surface area contributed by atoms with Crippen LogP contribution in [-0.4, -0.2) is 12.1 Å². The van der Waals surface area contributed by atoms with Crippen molar-refractivity contribution in [3.05, 3.63) is 29.3 Å². The Balaban J connectivity index is 2.09. The van der Waals surface area contributed by atoms with Crippen LogP contribution in [0.15, 0.2) is 18.2 Å². The molecule has 0 spiro atoms. The van der Waals surface area contributed by atoms with Crippen LogP contribution in [0.5, 0.6) is 5.75 Å². The van der Waals surface area contributed by atoms with Crippen LogP contribution in [-0.2, 0) is 16.0 Å². The summed E-state index contributed by atoms with van der Waals surface area (Å²) in [4.78, 5) is 11.2. The van der Waals surface area contributed by atoms with E-state index in [9.17, 15) is 4.79 Å². The van der Waals surface area contributed by atoms with Gasteiger partial charge in [-0.05, 0) is 18.1 Å². The fourth-order valence-electron chi connectivity index (χ4n) is 2.37. The van der Waals surface area contributed by atoms with Gasteiger partial charge >= 0.3 is 5.97 Å². The second kappa shape index (κ2) is 2.99. The van der Waals surface area contributed by atoms with Gasteiger partial charge in [0.05, 0.1) is 6.42 Å². The van der Waals surface area contributed by atoms with Gasteiger partial charge in [-0.15, -0.1) is 0 Å². The van der Waals surface area contributed by atoms with Crippen molar-refractivity contribution >= 4 is 5.97 Å². The third-order valence-electron chi connectivity index (χ3n) is 3.06. The quantitative estimate of drug-likeness (QED) is 0.656. The maximum atomic E-state index is 11.2. The lowest BCUT2D eigenvalue weighted by molar-refractivity contribution is -0.141. The van der Waals surface area contributed by atoms with E-state index in [0.29, 0.717) is 6.42 Å². The molecule has 0 aromatic heterocycles. The maximum Gasteiger partial charge on any atom is 0.310 e. The first kappa shape index (κ1) is 8.77. The molecule has 3 rings (SSSR count). The fraction of sp³-hybridized carbons (Fsp3) is 0.417. The summed E-state index contributed by atoms with van der Waals surface area (Å²) in [6.45, 7) is 2.10. The minimum absolute atomic E-state index is 0.0970. The van der Waals surface area contributed by atoms with Crippen molar-refractivity contribution in [2.24, 2.45) is 0 Å². The van der Waals surface area contributed by atoms with Crippen LogP contribution in [0.4, 0.5) is 0 Å². The van der Waals surface area contributed by atoms with Crippen molar-refractivity contribution in [2.45, 2.75) is 32.0 Å². The molecule has 3 nitrogen and oxygen atoms in total. The molecule has 15 heavy (non-hydrogen) atoms. The van der Waals surface area contributed by atoms with E-state index in [1.165, 1.54) is 5.56 Å². The van der Waals surface area contributed by atoms with Crippen molar-refractivity contribution in [3.63, 3.8) is 0 Å². The number of aryl methyl sites for hydroxylation is 1. The number of fused-ring (bicyclic) bond motifs is 3. The van der Waals surface area contributed by atoms with Gasteiger partial charge < -0.3 is 9.47 Å². The normalized spacial score (nSPS) is 26.9. The molecule has 0 radical (unpaired) electrons. The topological polar surface area (TPSA) is 35.5 Å². The van der Waals surface area contributed by atoms with Gasteiger partial charge in [-0.1, -0.05) is 19.1 Å². The van der Waals surface area contributed by atoms with Gasteiger partial charge in [0.1, 0.15) is 5.75 Å². The molecular formula is C12H12O3. The predicted molar refractivity (Wildman–Crippen MR) is 53.7 cm³/mol. The number of hydrogen-bond acceptors (Lipinski definition) is 3. The average molecular weight is 204 g/mol. The van der Waals surface area contributed by atoms with E-state index in [4.69, 9.17) is 9.47 Å². The number of benzene rings is 1. The Morgan fingerprint density at radius 3 is 3.07 bits per heavy atom. The molecule has 3 heteroatoms. The molecule has 0 aliphatic carbocycles. The zero-order valence-corrected chi connectivity index (χ0v) is 8.53. The molecule has 1 aromatic rings. The lowest BCUT2D eigenvalue weighted by atomic mass is 9.99. The Morgan fingerprint density at radius 1 is 1.40 bits per heavy atom. The zero-order valence-electron chi connectivity index (χ0n) is 8.53. The summed E-state index contributed by atoms with van der Waals surface area (Å²) in [6.07, 6.45) is 1.05. The number of rotatable bonds is 1. The molecule has 0 saturated carbocycles. The van der Waals surface area contributed by atoms with Gasteiger partial charge in [-0.25, -0.2) is 0 Å². The molecule has 78 valence electrons. The summed E-state index contributed by atoms with van der Waals surface area (Å²) in [5.74, 6) is 0.735. The summed E-state index contributed by atoms with van der Waals surface area (Å²) in [5.41, 5.74) is 2.30. The zero-order chi connectivity index (χ0) is 10.4. The first-order valence-corrected chi connectivity index (χ1v) is 5.27. The average Bonchev–Trinajstić information content (AvgIpc) is 2.72. The Labute approximate surface area is 88.0 Å². The summed E-state index contributed by atoms with van der Waals surface area (Å²) >= 11 is 0. The van der Waals surface area contributed by atoms with E-state index in [0.717, 1.165) is 17.7 Å². The predicted octanol–water partition coefficient (Wildman–Crippen LogP) is 2.00. The second-order valence-corrected chi connectivity index (χ2v) is 3.95. The Morgan fingerprint density at radius 2 is 2.27 bits per heavy atom. The van der Waals surface area contributed by atoms with E-state index in [-0.39, 0.29) is 18.2 Å². The first-order valence-electron chi connectivity index (χ1n) is 5.27. The SMILES string of the molecule is CCc1cccc2c1[C@@H]1OC(=O)C[C@@H]1O2. The van der Waals surface area contributed by atoms with Gasteiger partial charge in [-0.3, -0.25) is 4.79 Å². The standard InChI is InChI=1S/C12H12O3/c1-2-7-4-3-5-8-11(7)12-9(14-8)6-10(13)15-12/h3-5,9,12H,2,6H2,1H3/t9-,12+/m0/s1. The molecule has 2 atom stereocenters. The lowest BCUT2D eigenvalue weighted by Crippen LogP contribution is -2.12. The van der Waals surface area contributed by atoms with Gasteiger partial charge in [0.15, 0.2) is 12.2 Å². The highest BCUT2D eigenvalue weighted by atomic mass is 16.6. The van der Waals surface area contributed by atoms with Gasteiger partial charge in [0.25, 0.3) is 0 Å². The molecule has 2 aliphatic rings. The summed E-state index contributed by atoms with van der Waals surface area (Å²) in [5, 5.41) is 0. The number of ether oxygens (including phenoxy) is 2. The Hall–Kier alpha value is -1.51. The number of esters is 1. The highest BCUT2D eigenvalue weighted by molar-refractivity contribution is 5.74. The van der Waals surface area contributed by atoms with Gasteiger partial charge in [0, 0.05) is 5.56 Å². The monoisotopic (exact) mass is 204 g/mol.